The van der Waals surface area contributed by atoms with Gasteiger partial charge in [0.25, 0.3) is 5.91 Å². The Hall–Kier alpha value is -1.22. The molecule has 0 aliphatic heterocycles. The van der Waals surface area contributed by atoms with Crippen molar-refractivity contribution in [2.45, 2.75) is 25.7 Å². The fourth-order valence-corrected chi connectivity index (χ4v) is 1.97. The molecule has 2 rings (SSSR count). The van der Waals surface area contributed by atoms with Crippen molar-refractivity contribution in [2.24, 2.45) is 0 Å². The lowest BCUT2D eigenvalue weighted by Gasteiger charge is -2.03. The molecule has 4 heteroatoms. The van der Waals surface area contributed by atoms with Crippen molar-refractivity contribution in [2.75, 3.05) is 6.54 Å². The van der Waals surface area contributed by atoms with E-state index in [0.717, 1.165) is 6.42 Å². The molecule has 1 N–H and O–H groups in total. The van der Waals surface area contributed by atoms with E-state index in [4.69, 9.17) is 16.0 Å². The fourth-order valence-electron chi connectivity index (χ4n) is 1.82. The van der Waals surface area contributed by atoms with E-state index in [1.807, 2.05) is 0 Å². The van der Waals surface area contributed by atoms with Gasteiger partial charge in [0.05, 0.1) is 0 Å². The Bertz CT molecular complexity index is 409. The molecular weight excluding hydrogens is 226 g/mol. The number of carbonyl (C=O) groups is 1. The highest BCUT2D eigenvalue weighted by molar-refractivity contribution is 6.29. The molecule has 1 aromatic rings. The van der Waals surface area contributed by atoms with E-state index >= 15 is 0 Å². The van der Waals surface area contributed by atoms with Gasteiger partial charge in [-0.05, 0) is 49.4 Å². The van der Waals surface area contributed by atoms with Gasteiger partial charge in [0.1, 0.15) is 0 Å². The Morgan fingerprint density at radius 1 is 1.50 bits per heavy atom. The Kier molecular flexibility index (Phi) is 3.67. The van der Waals surface area contributed by atoms with Crippen molar-refractivity contribution in [3.05, 3.63) is 34.8 Å². The monoisotopic (exact) mass is 239 g/mol. The lowest BCUT2D eigenvalue weighted by Crippen LogP contribution is -2.24. The van der Waals surface area contributed by atoms with Crippen molar-refractivity contribution >= 4 is 17.5 Å². The van der Waals surface area contributed by atoms with Crippen molar-refractivity contribution in [1.82, 2.24) is 5.32 Å². The van der Waals surface area contributed by atoms with E-state index in [9.17, 15) is 4.79 Å². The number of allylic oxidation sites excluding steroid dienone is 1. The molecule has 0 fully saturated rings. The van der Waals surface area contributed by atoms with E-state index in [0.29, 0.717) is 6.54 Å². The van der Waals surface area contributed by atoms with Gasteiger partial charge >= 0.3 is 0 Å². The van der Waals surface area contributed by atoms with Crippen LogP contribution in [0, 0.1) is 0 Å². The van der Waals surface area contributed by atoms with Crippen LogP contribution >= 0.6 is 11.6 Å². The van der Waals surface area contributed by atoms with Gasteiger partial charge in [0.15, 0.2) is 11.0 Å². The fraction of sp³-hybridized carbons (Fsp3) is 0.417. The number of amides is 1. The second-order valence-corrected chi connectivity index (χ2v) is 4.24. The summed E-state index contributed by atoms with van der Waals surface area (Å²) in [5, 5.41) is 3.05. The third kappa shape index (κ3) is 2.89. The first-order valence-electron chi connectivity index (χ1n) is 5.47. The van der Waals surface area contributed by atoms with E-state index in [-0.39, 0.29) is 16.9 Å². The molecule has 0 radical (unpaired) electrons. The summed E-state index contributed by atoms with van der Waals surface area (Å²) in [7, 11) is 0. The van der Waals surface area contributed by atoms with E-state index in [1.54, 1.807) is 12.1 Å². The molecule has 0 atom stereocenters. The minimum Gasteiger partial charge on any atom is -0.440 e. The normalized spacial score (nSPS) is 14.9. The molecule has 3 nitrogen and oxygen atoms in total. The molecule has 1 heterocycles. The second kappa shape index (κ2) is 5.21. The molecule has 86 valence electrons. The van der Waals surface area contributed by atoms with Crippen molar-refractivity contribution in [3.63, 3.8) is 0 Å². The number of halogens is 1. The van der Waals surface area contributed by atoms with E-state index in [2.05, 4.69) is 11.4 Å². The summed E-state index contributed by atoms with van der Waals surface area (Å²) in [5.41, 5.74) is 1.44. The Morgan fingerprint density at radius 2 is 2.38 bits per heavy atom. The van der Waals surface area contributed by atoms with Crippen molar-refractivity contribution in [3.8, 4) is 0 Å². The number of carbonyl (C=O) groups excluding carboxylic acids is 1. The van der Waals surface area contributed by atoms with Gasteiger partial charge in [0.2, 0.25) is 0 Å². The maximum atomic E-state index is 11.5. The smallest absolute Gasteiger partial charge is 0.287 e. The maximum absolute atomic E-state index is 11.5. The standard InChI is InChI=1S/C12H14ClNO2/c13-11-6-5-10(16-11)12(15)14-8-7-9-3-1-2-4-9/h3,5-6H,1-2,4,7-8H2,(H,14,15). The molecule has 1 amide bonds. The van der Waals surface area contributed by atoms with Gasteiger partial charge in [0, 0.05) is 6.54 Å². The minimum absolute atomic E-state index is 0.203. The van der Waals surface area contributed by atoms with Crippen LogP contribution in [0.3, 0.4) is 0 Å². The zero-order valence-corrected chi connectivity index (χ0v) is 9.72. The number of hydrogen-bond acceptors (Lipinski definition) is 2. The maximum Gasteiger partial charge on any atom is 0.287 e. The van der Waals surface area contributed by atoms with Crippen LogP contribution < -0.4 is 5.32 Å². The van der Waals surface area contributed by atoms with Crippen LogP contribution in [0.2, 0.25) is 5.22 Å². The molecule has 16 heavy (non-hydrogen) atoms. The molecule has 0 saturated carbocycles. The number of hydrogen-bond donors (Lipinski definition) is 1. The Labute approximate surface area is 99.5 Å². The molecular formula is C12H14ClNO2. The topological polar surface area (TPSA) is 42.2 Å². The zero-order valence-electron chi connectivity index (χ0n) is 8.96. The van der Waals surface area contributed by atoms with Crippen LogP contribution in [-0.4, -0.2) is 12.5 Å². The highest BCUT2D eigenvalue weighted by Gasteiger charge is 2.10. The average molecular weight is 240 g/mol. The van der Waals surface area contributed by atoms with Crippen LogP contribution in [0.1, 0.15) is 36.2 Å². The van der Waals surface area contributed by atoms with Gasteiger partial charge in [-0.15, -0.1) is 0 Å². The van der Waals surface area contributed by atoms with Gasteiger partial charge in [-0.1, -0.05) is 11.6 Å². The predicted molar refractivity (Wildman–Crippen MR) is 62.6 cm³/mol. The lowest BCUT2D eigenvalue weighted by molar-refractivity contribution is 0.0926. The molecule has 1 aromatic heterocycles. The van der Waals surface area contributed by atoms with Crippen LogP contribution in [0.4, 0.5) is 0 Å². The number of rotatable bonds is 4. The summed E-state index contributed by atoms with van der Waals surface area (Å²) in [6.45, 7) is 0.656. The average Bonchev–Trinajstić information content (AvgIpc) is 2.89. The molecule has 0 spiro atoms. The van der Waals surface area contributed by atoms with Crippen LogP contribution in [0.15, 0.2) is 28.2 Å². The van der Waals surface area contributed by atoms with Gasteiger partial charge < -0.3 is 9.73 Å². The SMILES string of the molecule is O=C(NCCC1=CCCC1)c1ccc(Cl)o1. The summed E-state index contributed by atoms with van der Waals surface area (Å²) in [6, 6.07) is 3.14. The van der Waals surface area contributed by atoms with Crippen molar-refractivity contribution in [1.29, 1.82) is 0 Å². The predicted octanol–water partition coefficient (Wildman–Crippen LogP) is 3.16. The third-order valence-electron chi connectivity index (χ3n) is 2.66. The van der Waals surface area contributed by atoms with Gasteiger partial charge in [-0.2, -0.15) is 0 Å². The van der Waals surface area contributed by atoms with Crippen LogP contribution in [-0.2, 0) is 0 Å². The quantitative estimate of drug-likeness (QED) is 0.820. The highest BCUT2D eigenvalue weighted by Crippen LogP contribution is 2.19. The van der Waals surface area contributed by atoms with E-state index < -0.39 is 0 Å². The zero-order chi connectivity index (χ0) is 11.4. The lowest BCUT2D eigenvalue weighted by atomic mass is 10.2. The molecule has 0 unspecified atom stereocenters. The summed E-state index contributed by atoms with van der Waals surface area (Å²) in [6.07, 6.45) is 6.78. The second-order valence-electron chi connectivity index (χ2n) is 3.86. The molecule has 0 bridgehead atoms. The first-order valence-corrected chi connectivity index (χ1v) is 5.85. The molecule has 0 aromatic carbocycles. The summed E-state index contributed by atoms with van der Waals surface area (Å²) in [5.74, 6) is 0.0656. The summed E-state index contributed by atoms with van der Waals surface area (Å²) < 4.78 is 5.01. The van der Waals surface area contributed by atoms with Gasteiger partial charge in [-0.3, -0.25) is 4.79 Å². The Balaban J connectivity index is 1.75. The van der Waals surface area contributed by atoms with E-state index in [1.165, 1.54) is 24.8 Å². The van der Waals surface area contributed by atoms with Crippen LogP contribution in [0.25, 0.3) is 0 Å². The largest absolute Gasteiger partial charge is 0.440 e. The molecule has 0 saturated heterocycles. The number of furan rings is 1. The Morgan fingerprint density at radius 3 is 3.00 bits per heavy atom. The molecule has 1 aliphatic carbocycles. The minimum atomic E-state index is -0.203. The highest BCUT2D eigenvalue weighted by atomic mass is 35.5. The first kappa shape index (κ1) is 11.3. The third-order valence-corrected chi connectivity index (χ3v) is 2.87. The summed E-state index contributed by atoms with van der Waals surface area (Å²) >= 11 is 5.59. The summed E-state index contributed by atoms with van der Waals surface area (Å²) in [4.78, 5) is 11.5. The number of nitrogens with one attached hydrogen (secondary N) is 1. The van der Waals surface area contributed by atoms with Gasteiger partial charge in [-0.25, -0.2) is 0 Å². The van der Waals surface area contributed by atoms with Crippen LogP contribution in [0.5, 0.6) is 0 Å². The first-order chi connectivity index (χ1) is 7.75. The van der Waals surface area contributed by atoms with Crippen molar-refractivity contribution < 1.29 is 9.21 Å². The molecule has 1 aliphatic rings.